The predicted molar refractivity (Wildman–Crippen MR) is 72.1 cm³/mol. The van der Waals surface area contributed by atoms with Crippen molar-refractivity contribution in [2.45, 2.75) is 33.6 Å². The molecule has 0 radical (unpaired) electrons. The van der Waals surface area contributed by atoms with Crippen molar-refractivity contribution >= 4 is 11.9 Å². The van der Waals surface area contributed by atoms with E-state index in [0.717, 1.165) is 12.8 Å². The average Bonchev–Trinajstić information content (AvgIpc) is 2.38. The van der Waals surface area contributed by atoms with Crippen LogP contribution in [0, 0.1) is 5.92 Å². The van der Waals surface area contributed by atoms with Gasteiger partial charge in [0.2, 0.25) is 0 Å². The van der Waals surface area contributed by atoms with Gasteiger partial charge in [0.1, 0.15) is 5.75 Å². The summed E-state index contributed by atoms with van der Waals surface area (Å²) in [6.07, 6.45) is 1.95. The van der Waals surface area contributed by atoms with Crippen LogP contribution in [0.15, 0.2) is 24.3 Å². The van der Waals surface area contributed by atoms with Crippen LogP contribution < -0.4 is 4.74 Å². The lowest BCUT2D eigenvalue weighted by atomic mass is 10.1. The van der Waals surface area contributed by atoms with Crippen molar-refractivity contribution in [3.63, 3.8) is 0 Å². The Morgan fingerprint density at radius 2 is 1.84 bits per heavy atom. The Hall–Kier alpha value is -1.84. The fourth-order valence-corrected chi connectivity index (χ4v) is 1.47. The van der Waals surface area contributed by atoms with E-state index in [1.807, 2.05) is 0 Å². The minimum atomic E-state index is -0.385. The van der Waals surface area contributed by atoms with E-state index in [0.29, 0.717) is 23.8 Å². The molecule has 104 valence electrons. The molecule has 1 aromatic rings. The second kappa shape index (κ2) is 7.56. The summed E-state index contributed by atoms with van der Waals surface area (Å²) >= 11 is 0. The van der Waals surface area contributed by atoms with Gasteiger partial charge in [0.15, 0.2) is 0 Å². The third-order valence-electron chi connectivity index (χ3n) is 2.89. The summed E-state index contributed by atoms with van der Waals surface area (Å²) in [5.74, 6) is 0.240. The van der Waals surface area contributed by atoms with Crippen LogP contribution in [0.3, 0.4) is 0 Å². The molecule has 4 heteroatoms. The van der Waals surface area contributed by atoms with E-state index >= 15 is 0 Å². The largest absolute Gasteiger partial charge is 0.462 e. The van der Waals surface area contributed by atoms with E-state index in [-0.39, 0.29) is 11.9 Å². The highest BCUT2D eigenvalue weighted by atomic mass is 16.5. The SMILES string of the molecule is CCC(C)CCOC(=O)c1ccc(OC(C)=O)cc1. The zero-order valence-corrected chi connectivity index (χ0v) is 11.6. The van der Waals surface area contributed by atoms with Gasteiger partial charge in [-0.25, -0.2) is 4.79 Å². The van der Waals surface area contributed by atoms with Crippen LogP contribution in [-0.2, 0) is 9.53 Å². The maximum Gasteiger partial charge on any atom is 0.338 e. The summed E-state index contributed by atoms with van der Waals surface area (Å²) in [5, 5.41) is 0. The van der Waals surface area contributed by atoms with Gasteiger partial charge in [-0.3, -0.25) is 4.79 Å². The van der Waals surface area contributed by atoms with E-state index in [9.17, 15) is 9.59 Å². The van der Waals surface area contributed by atoms with Crippen molar-refractivity contribution in [3.05, 3.63) is 29.8 Å². The number of carbonyl (C=O) groups is 2. The number of ether oxygens (including phenoxy) is 2. The Balaban J connectivity index is 2.46. The molecule has 19 heavy (non-hydrogen) atoms. The zero-order valence-electron chi connectivity index (χ0n) is 11.6. The van der Waals surface area contributed by atoms with Gasteiger partial charge in [-0.05, 0) is 36.6 Å². The molecule has 0 aliphatic heterocycles. The second-order valence-corrected chi connectivity index (χ2v) is 4.56. The summed E-state index contributed by atoms with van der Waals surface area (Å²) in [6.45, 7) is 6.00. The molecule has 1 atom stereocenters. The molecule has 0 fully saturated rings. The number of benzene rings is 1. The van der Waals surface area contributed by atoms with Crippen LogP contribution in [0.2, 0.25) is 0 Å². The Labute approximate surface area is 113 Å². The number of rotatable bonds is 6. The van der Waals surface area contributed by atoms with Gasteiger partial charge in [-0.1, -0.05) is 20.3 Å². The van der Waals surface area contributed by atoms with Gasteiger partial charge in [0.05, 0.1) is 12.2 Å². The Kier molecular flexibility index (Phi) is 6.06. The summed E-state index contributed by atoms with van der Waals surface area (Å²) < 4.78 is 10.1. The minimum Gasteiger partial charge on any atom is -0.462 e. The number of hydrogen-bond donors (Lipinski definition) is 0. The van der Waals surface area contributed by atoms with E-state index in [1.54, 1.807) is 24.3 Å². The Morgan fingerprint density at radius 1 is 1.21 bits per heavy atom. The quantitative estimate of drug-likeness (QED) is 0.585. The maximum atomic E-state index is 11.7. The van der Waals surface area contributed by atoms with Crippen molar-refractivity contribution in [2.24, 2.45) is 5.92 Å². The van der Waals surface area contributed by atoms with Crippen molar-refractivity contribution in [1.82, 2.24) is 0 Å². The molecule has 0 saturated carbocycles. The lowest BCUT2D eigenvalue weighted by molar-refractivity contribution is -0.131. The molecule has 1 aromatic carbocycles. The number of hydrogen-bond acceptors (Lipinski definition) is 4. The summed E-state index contributed by atoms with van der Waals surface area (Å²) in [7, 11) is 0. The van der Waals surface area contributed by atoms with Gasteiger partial charge < -0.3 is 9.47 Å². The second-order valence-electron chi connectivity index (χ2n) is 4.56. The molecule has 1 rings (SSSR count). The van der Waals surface area contributed by atoms with Crippen molar-refractivity contribution in [2.75, 3.05) is 6.61 Å². The van der Waals surface area contributed by atoms with Gasteiger partial charge in [0.25, 0.3) is 0 Å². The van der Waals surface area contributed by atoms with Crippen molar-refractivity contribution < 1.29 is 19.1 Å². The van der Waals surface area contributed by atoms with Gasteiger partial charge in [-0.2, -0.15) is 0 Å². The number of esters is 2. The molecule has 0 amide bonds. The first kappa shape index (κ1) is 15.2. The van der Waals surface area contributed by atoms with Crippen LogP contribution in [0.4, 0.5) is 0 Å². The first-order valence-electron chi connectivity index (χ1n) is 6.48. The molecule has 0 saturated heterocycles. The molecule has 0 heterocycles. The average molecular weight is 264 g/mol. The van der Waals surface area contributed by atoms with Gasteiger partial charge in [0, 0.05) is 6.92 Å². The third-order valence-corrected chi connectivity index (χ3v) is 2.89. The van der Waals surface area contributed by atoms with Crippen LogP contribution >= 0.6 is 0 Å². The maximum absolute atomic E-state index is 11.7. The molecule has 1 unspecified atom stereocenters. The molecule has 0 spiro atoms. The molecule has 0 aliphatic carbocycles. The van der Waals surface area contributed by atoms with E-state index in [4.69, 9.17) is 9.47 Å². The normalized spacial score (nSPS) is 11.7. The lowest BCUT2D eigenvalue weighted by Gasteiger charge is -2.09. The highest BCUT2D eigenvalue weighted by molar-refractivity contribution is 5.89. The Bertz CT molecular complexity index is 422. The third kappa shape index (κ3) is 5.55. The summed E-state index contributed by atoms with van der Waals surface area (Å²) in [6, 6.07) is 6.33. The van der Waals surface area contributed by atoms with Gasteiger partial charge in [-0.15, -0.1) is 0 Å². The highest BCUT2D eigenvalue weighted by Crippen LogP contribution is 2.14. The first-order chi connectivity index (χ1) is 9.02. The van der Waals surface area contributed by atoms with E-state index in [2.05, 4.69) is 13.8 Å². The molecular weight excluding hydrogens is 244 g/mol. The van der Waals surface area contributed by atoms with Crippen LogP contribution in [0.1, 0.15) is 44.0 Å². The smallest absolute Gasteiger partial charge is 0.338 e. The summed E-state index contributed by atoms with van der Waals surface area (Å²) in [5.41, 5.74) is 0.458. The van der Waals surface area contributed by atoms with E-state index in [1.165, 1.54) is 6.92 Å². The lowest BCUT2D eigenvalue weighted by Crippen LogP contribution is -2.09. The molecule has 0 aromatic heterocycles. The van der Waals surface area contributed by atoms with Gasteiger partial charge >= 0.3 is 11.9 Å². The van der Waals surface area contributed by atoms with Crippen molar-refractivity contribution in [1.29, 1.82) is 0 Å². The number of carbonyl (C=O) groups excluding carboxylic acids is 2. The Morgan fingerprint density at radius 3 is 2.37 bits per heavy atom. The topological polar surface area (TPSA) is 52.6 Å². The van der Waals surface area contributed by atoms with E-state index < -0.39 is 0 Å². The molecule has 0 bridgehead atoms. The standard InChI is InChI=1S/C15H20O4/c1-4-11(2)9-10-18-15(17)13-5-7-14(8-6-13)19-12(3)16/h5-8,11H,4,9-10H2,1-3H3. The molecule has 0 aliphatic rings. The molecule has 0 N–H and O–H groups in total. The monoisotopic (exact) mass is 264 g/mol. The fourth-order valence-electron chi connectivity index (χ4n) is 1.47. The fraction of sp³-hybridized carbons (Fsp3) is 0.467. The first-order valence-corrected chi connectivity index (χ1v) is 6.48. The minimum absolute atomic E-state index is 0.349. The molecular formula is C15H20O4. The van der Waals surface area contributed by atoms with Crippen molar-refractivity contribution in [3.8, 4) is 5.75 Å². The zero-order chi connectivity index (χ0) is 14.3. The van der Waals surface area contributed by atoms with Crippen LogP contribution in [-0.4, -0.2) is 18.5 Å². The summed E-state index contributed by atoms with van der Waals surface area (Å²) in [4.78, 5) is 22.5. The highest BCUT2D eigenvalue weighted by Gasteiger charge is 2.08. The van der Waals surface area contributed by atoms with Crippen LogP contribution in [0.5, 0.6) is 5.75 Å². The molecule has 4 nitrogen and oxygen atoms in total. The predicted octanol–water partition coefficient (Wildman–Crippen LogP) is 3.20. The van der Waals surface area contributed by atoms with Crippen LogP contribution in [0.25, 0.3) is 0 Å².